The standard InChI is InChI=1S/C14H22N4O/c1-10(9-18-5-3-4-6-18)17-14(19)13-7-12(15)8-16-11(13)2/h7-8,10H,3-6,9,15H2,1-2H3,(H,17,19). The summed E-state index contributed by atoms with van der Waals surface area (Å²) in [4.78, 5) is 18.7. The Hall–Kier alpha value is -1.62. The fraction of sp³-hybridized carbons (Fsp3) is 0.571. The SMILES string of the molecule is Cc1ncc(N)cc1C(=O)NC(C)CN1CCCC1. The van der Waals surface area contributed by atoms with Gasteiger partial charge in [-0.1, -0.05) is 0 Å². The molecule has 2 heterocycles. The average molecular weight is 262 g/mol. The lowest BCUT2D eigenvalue weighted by Gasteiger charge is -2.21. The first-order valence-corrected chi connectivity index (χ1v) is 6.81. The number of carbonyl (C=O) groups excluding carboxylic acids is 1. The highest BCUT2D eigenvalue weighted by atomic mass is 16.1. The first-order chi connectivity index (χ1) is 9.06. The van der Waals surface area contributed by atoms with E-state index in [0.29, 0.717) is 16.9 Å². The van der Waals surface area contributed by atoms with Crippen molar-refractivity contribution in [3.63, 3.8) is 0 Å². The number of hydrogen-bond donors (Lipinski definition) is 2. The lowest BCUT2D eigenvalue weighted by Crippen LogP contribution is -2.41. The van der Waals surface area contributed by atoms with E-state index >= 15 is 0 Å². The predicted molar refractivity (Wildman–Crippen MR) is 76.0 cm³/mol. The van der Waals surface area contributed by atoms with E-state index in [1.807, 2.05) is 13.8 Å². The van der Waals surface area contributed by atoms with Gasteiger partial charge in [0.2, 0.25) is 0 Å². The summed E-state index contributed by atoms with van der Waals surface area (Å²) in [5.41, 5.74) is 7.47. The summed E-state index contributed by atoms with van der Waals surface area (Å²) in [5, 5.41) is 3.01. The second kappa shape index (κ2) is 6.02. The highest BCUT2D eigenvalue weighted by molar-refractivity contribution is 5.96. The number of aromatic nitrogens is 1. The minimum Gasteiger partial charge on any atom is -0.397 e. The van der Waals surface area contributed by atoms with Gasteiger partial charge in [0, 0.05) is 12.6 Å². The smallest absolute Gasteiger partial charge is 0.253 e. The third kappa shape index (κ3) is 3.67. The second-order valence-corrected chi connectivity index (χ2v) is 5.28. The minimum absolute atomic E-state index is 0.0935. The number of aryl methyl sites for hydroxylation is 1. The Morgan fingerprint density at radius 1 is 1.53 bits per heavy atom. The van der Waals surface area contributed by atoms with Crippen molar-refractivity contribution in [3.05, 3.63) is 23.5 Å². The van der Waals surface area contributed by atoms with Crippen LogP contribution in [-0.4, -0.2) is 41.5 Å². The molecule has 0 radical (unpaired) electrons. The fourth-order valence-corrected chi connectivity index (χ4v) is 2.48. The molecule has 5 nitrogen and oxygen atoms in total. The van der Waals surface area contributed by atoms with E-state index in [2.05, 4.69) is 15.2 Å². The maximum atomic E-state index is 12.2. The van der Waals surface area contributed by atoms with Crippen molar-refractivity contribution < 1.29 is 4.79 Å². The van der Waals surface area contributed by atoms with Crippen LogP contribution in [0.1, 0.15) is 35.8 Å². The Bertz CT molecular complexity index is 455. The van der Waals surface area contributed by atoms with E-state index in [1.165, 1.54) is 12.8 Å². The zero-order chi connectivity index (χ0) is 13.8. The summed E-state index contributed by atoms with van der Waals surface area (Å²) in [6.45, 7) is 7.03. The molecule has 104 valence electrons. The van der Waals surface area contributed by atoms with Gasteiger partial charge in [-0.3, -0.25) is 9.78 Å². The van der Waals surface area contributed by atoms with E-state index in [-0.39, 0.29) is 11.9 Å². The molecule has 1 fully saturated rings. The van der Waals surface area contributed by atoms with Crippen molar-refractivity contribution in [2.24, 2.45) is 0 Å². The lowest BCUT2D eigenvalue weighted by atomic mass is 10.1. The minimum atomic E-state index is -0.0935. The lowest BCUT2D eigenvalue weighted by molar-refractivity contribution is 0.0931. The Labute approximate surface area is 114 Å². The van der Waals surface area contributed by atoms with E-state index in [0.717, 1.165) is 19.6 Å². The normalized spacial score (nSPS) is 17.4. The molecule has 1 amide bonds. The van der Waals surface area contributed by atoms with Crippen molar-refractivity contribution in [2.75, 3.05) is 25.4 Å². The molecule has 1 unspecified atom stereocenters. The van der Waals surface area contributed by atoms with E-state index in [1.54, 1.807) is 12.3 Å². The molecule has 3 N–H and O–H groups in total. The maximum Gasteiger partial charge on any atom is 0.253 e. The number of rotatable bonds is 4. The third-order valence-electron chi connectivity index (χ3n) is 3.46. The number of hydrogen-bond acceptors (Lipinski definition) is 4. The zero-order valence-electron chi connectivity index (χ0n) is 11.6. The number of carbonyl (C=O) groups is 1. The van der Waals surface area contributed by atoms with Crippen LogP contribution in [0.2, 0.25) is 0 Å². The van der Waals surface area contributed by atoms with Gasteiger partial charge in [0.05, 0.1) is 23.1 Å². The van der Waals surface area contributed by atoms with E-state index in [4.69, 9.17) is 5.73 Å². The van der Waals surface area contributed by atoms with Crippen LogP contribution in [0.3, 0.4) is 0 Å². The molecule has 1 aliphatic rings. The fourth-order valence-electron chi connectivity index (χ4n) is 2.48. The van der Waals surface area contributed by atoms with Gasteiger partial charge in [0.25, 0.3) is 5.91 Å². The van der Waals surface area contributed by atoms with Crippen molar-refractivity contribution in [2.45, 2.75) is 32.7 Å². The molecular weight excluding hydrogens is 240 g/mol. The summed E-state index contributed by atoms with van der Waals surface area (Å²) in [5.74, 6) is -0.0935. The van der Waals surface area contributed by atoms with Crippen LogP contribution in [-0.2, 0) is 0 Å². The number of pyridine rings is 1. The molecule has 0 aliphatic carbocycles. The molecule has 2 rings (SSSR count). The number of nitrogens with zero attached hydrogens (tertiary/aromatic N) is 2. The Morgan fingerprint density at radius 2 is 2.21 bits per heavy atom. The van der Waals surface area contributed by atoms with E-state index in [9.17, 15) is 4.79 Å². The van der Waals surface area contributed by atoms with Crippen molar-refractivity contribution >= 4 is 11.6 Å². The Morgan fingerprint density at radius 3 is 2.89 bits per heavy atom. The molecule has 5 heteroatoms. The van der Waals surface area contributed by atoms with E-state index < -0.39 is 0 Å². The van der Waals surface area contributed by atoms with Gasteiger partial charge in [0.15, 0.2) is 0 Å². The Kier molecular flexibility index (Phi) is 4.37. The maximum absolute atomic E-state index is 12.2. The molecular formula is C14H22N4O. The number of nitrogens with one attached hydrogen (secondary N) is 1. The highest BCUT2D eigenvalue weighted by Crippen LogP contribution is 2.11. The highest BCUT2D eigenvalue weighted by Gasteiger charge is 2.17. The Balaban J connectivity index is 1.94. The van der Waals surface area contributed by atoms with Gasteiger partial charge in [-0.25, -0.2) is 0 Å². The predicted octanol–water partition coefficient (Wildman–Crippen LogP) is 1.19. The van der Waals surface area contributed by atoms with Crippen LogP contribution >= 0.6 is 0 Å². The molecule has 1 aromatic rings. The number of amides is 1. The van der Waals surface area contributed by atoms with Crippen LogP contribution in [0.25, 0.3) is 0 Å². The van der Waals surface area contributed by atoms with Crippen LogP contribution < -0.4 is 11.1 Å². The van der Waals surface area contributed by atoms with Crippen LogP contribution in [0, 0.1) is 6.92 Å². The molecule has 19 heavy (non-hydrogen) atoms. The number of likely N-dealkylation sites (tertiary alicyclic amines) is 1. The monoisotopic (exact) mass is 262 g/mol. The largest absolute Gasteiger partial charge is 0.397 e. The van der Waals surface area contributed by atoms with Gasteiger partial charge in [-0.2, -0.15) is 0 Å². The molecule has 0 bridgehead atoms. The summed E-state index contributed by atoms with van der Waals surface area (Å²) in [6.07, 6.45) is 4.09. The molecule has 0 spiro atoms. The van der Waals surface area contributed by atoms with Crippen molar-refractivity contribution in [3.8, 4) is 0 Å². The van der Waals surface area contributed by atoms with Crippen molar-refractivity contribution in [1.82, 2.24) is 15.2 Å². The molecule has 1 saturated heterocycles. The van der Waals surface area contributed by atoms with Gasteiger partial charge in [-0.05, 0) is 45.8 Å². The first kappa shape index (κ1) is 13.8. The van der Waals surface area contributed by atoms with Crippen molar-refractivity contribution in [1.29, 1.82) is 0 Å². The van der Waals surface area contributed by atoms with Gasteiger partial charge in [-0.15, -0.1) is 0 Å². The number of nitrogens with two attached hydrogens (primary N) is 1. The summed E-state index contributed by atoms with van der Waals surface area (Å²) in [7, 11) is 0. The first-order valence-electron chi connectivity index (χ1n) is 6.81. The number of anilines is 1. The van der Waals surface area contributed by atoms with Crippen LogP contribution in [0.5, 0.6) is 0 Å². The number of nitrogen functional groups attached to an aromatic ring is 1. The topological polar surface area (TPSA) is 71.2 Å². The molecule has 1 aromatic heterocycles. The van der Waals surface area contributed by atoms with Crippen LogP contribution in [0.4, 0.5) is 5.69 Å². The molecule has 1 atom stereocenters. The summed E-state index contributed by atoms with van der Waals surface area (Å²) in [6, 6.07) is 1.81. The quantitative estimate of drug-likeness (QED) is 0.855. The van der Waals surface area contributed by atoms with Gasteiger partial charge >= 0.3 is 0 Å². The molecule has 0 saturated carbocycles. The van der Waals surface area contributed by atoms with Crippen LogP contribution in [0.15, 0.2) is 12.3 Å². The average Bonchev–Trinajstić information content (AvgIpc) is 2.84. The third-order valence-corrected chi connectivity index (χ3v) is 3.46. The zero-order valence-corrected chi connectivity index (χ0v) is 11.6. The molecule has 0 aromatic carbocycles. The van der Waals surface area contributed by atoms with Gasteiger partial charge < -0.3 is 16.0 Å². The second-order valence-electron chi connectivity index (χ2n) is 5.28. The summed E-state index contributed by atoms with van der Waals surface area (Å²) < 4.78 is 0. The van der Waals surface area contributed by atoms with Gasteiger partial charge in [0.1, 0.15) is 0 Å². The molecule has 1 aliphatic heterocycles. The summed E-state index contributed by atoms with van der Waals surface area (Å²) >= 11 is 0.